The van der Waals surface area contributed by atoms with Gasteiger partial charge in [0.15, 0.2) is 5.76 Å². The van der Waals surface area contributed by atoms with Crippen molar-refractivity contribution in [3.8, 4) is 11.5 Å². The minimum atomic E-state index is -0.0995. The van der Waals surface area contributed by atoms with E-state index in [4.69, 9.17) is 9.47 Å². The highest BCUT2D eigenvalue weighted by atomic mass is 16.5. The SMILES string of the molecule is Cc1cccc(/C=C2\Oc3cc(OCc4cc(C)ccc4C)ccc3C2=O)c1. The summed E-state index contributed by atoms with van der Waals surface area (Å²) in [5.74, 6) is 1.47. The van der Waals surface area contributed by atoms with Crippen LogP contribution in [0.25, 0.3) is 6.08 Å². The Hall–Kier alpha value is -3.33. The van der Waals surface area contributed by atoms with Gasteiger partial charge in [0.25, 0.3) is 0 Å². The van der Waals surface area contributed by atoms with Crippen molar-refractivity contribution < 1.29 is 14.3 Å². The van der Waals surface area contributed by atoms with Gasteiger partial charge in [-0.2, -0.15) is 0 Å². The van der Waals surface area contributed by atoms with Crippen LogP contribution in [0.15, 0.2) is 66.4 Å². The number of carbonyl (C=O) groups is 1. The van der Waals surface area contributed by atoms with Gasteiger partial charge in [0.05, 0.1) is 5.56 Å². The fourth-order valence-electron chi connectivity index (χ4n) is 3.29. The molecule has 1 aliphatic heterocycles. The zero-order valence-corrected chi connectivity index (χ0v) is 16.3. The molecule has 0 spiro atoms. The summed E-state index contributed by atoms with van der Waals surface area (Å²) in [6.45, 7) is 6.64. The number of ketones is 1. The van der Waals surface area contributed by atoms with E-state index in [-0.39, 0.29) is 5.78 Å². The maximum atomic E-state index is 12.6. The second-order valence-electron chi connectivity index (χ2n) is 7.23. The van der Waals surface area contributed by atoms with Crippen LogP contribution in [0.2, 0.25) is 0 Å². The van der Waals surface area contributed by atoms with Gasteiger partial charge < -0.3 is 9.47 Å². The molecule has 0 fully saturated rings. The number of carbonyl (C=O) groups excluding carboxylic acids is 1. The Morgan fingerprint density at radius 2 is 1.75 bits per heavy atom. The Kier molecular flexibility index (Phi) is 4.74. The second kappa shape index (κ2) is 7.35. The standard InChI is InChI=1S/C25H22O3/c1-16-5-4-6-19(11-16)13-24-25(26)22-10-9-21(14-23(22)28-24)27-15-20-12-17(2)7-8-18(20)3/h4-14H,15H2,1-3H3/b24-13-. The second-order valence-corrected chi connectivity index (χ2v) is 7.23. The molecule has 3 aromatic carbocycles. The van der Waals surface area contributed by atoms with Gasteiger partial charge in [0.1, 0.15) is 18.1 Å². The summed E-state index contributed by atoms with van der Waals surface area (Å²) in [5.41, 5.74) is 6.21. The Bertz CT molecular complexity index is 1090. The zero-order chi connectivity index (χ0) is 19.7. The molecule has 0 atom stereocenters. The van der Waals surface area contributed by atoms with E-state index in [9.17, 15) is 4.79 Å². The predicted molar refractivity (Wildman–Crippen MR) is 111 cm³/mol. The Morgan fingerprint density at radius 3 is 2.57 bits per heavy atom. The first-order chi connectivity index (χ1) is 13.5. The summed E-state index contributed by atoms with van der Waals surface area (Å²) >= 11 is 0. The highest BCUT2D eigenvalue weighted by Gasteiger charge is 2.27. The van der Waals surface area contributed by atoms with Crippen molar-refractivity contribution in [2.24, 2.45) is 0 Å². The van der Waals surface area contributed by atoms with Gasteiger partial charge in [-0.15, -0.1) is 0 Å². The van der Waals surface area contributed by atoms with Gasteiger partial charge in [-0.3, -0.25) is 4.79 Å². The molecule has 0 aromatic heterocycles. The van der Waals surface area contributed by atoms with Crippen molar-refractivity contribution in [1.29, 1.82) is 0 Å². The molecule has 140 valence electrons. The summed E-state index contributed by atoms with van der Waals surface area (Å²) in [6, 6.07) is 19.7. The number of benzene rings is 3. The summed E-state index contributed by atoms with van der Waals surface area (Å²) in [7, 11) is 0. The van der Waals surface area contributed by atoms with Crippen LogP contribution in [-0.2, 0) is 6.61 Å². The first-order valence-corrected chi connectivity index (χ1v) is 9.33. The summed E-state index contributed by atoms with van der Waals surface area (Å²) in [5, 5.41) is 0. The lowest BCUT2D eigenvalue weighted by atomic mass is 10.1. The molecule has 0 unspecified atom stereocenters. The fourth-order valence-corrected chi connectivity index (χ4v) is 3.29. The van der Waals surface area contributed by atoms with Crippen LogP contribution >= 0.6 is 0 Å². The minimum absolute atomic E-state index is 0.0995. The molecule has 3 aromatic rings. The molecule has 3 heteroatoms. The lowest BCUT2D eigenvalue weighted by Gasteiger charge is -2.10. The van der Waals surface area contributed by atoms with Gasteiger partial charge in [-0.25, -0.2) is 0 Å². The number of allylic oxidation sites excluding steroid dienone is 1. The van der Waals surface area contributed by atoms with E-state index in [1.807, 2.05) is 37.3 Å². The maximum Gasteiger partial charge on any atom is 0.231 e. The third-order valence-corrected chi connectivity index (χ3v) is 4.88. The molecule has 0 saturated carbocycles. The van der Waals surface area contributed by atoms with E-state index in [1.54, 1.807) is 18.2 Å². The first kappa shape index (κ1) is 18.1. The van der Waals surface area contributed by atoms with Gasteiger partial charge in [-0.1, -0.05) is 53.6 Å². The third-order valence-electron chi connectivity index (χ3n) is 4.88. The summed E-state index contributed by atoms with van der Waals surface area (Å²) in [4.78, 5) is 12.6. The quantitative estimate of drug-likeness (QED) is 0.544. The molecule has 0 radical (unpaired) electrons. The molecule has 0 N–H and O–H groups in total. The van der Waals surface area contributed by atoms with Crippen molar-refractivity contribution in [2.45, 2.75) is 27.4 Å². The van der Waals surface area contributed by atoms with Crippen LogP contribution in [0, 0.1) is 20.8 Å². The number of Topliss-reactive ketones (excluding diaryl/α,β-unsaturated/α-hetero) is 1. The third kappa shape index (κ3) is 3.70. The molecular weight excluding hydrogens is 348 g/mol. The van der Waals surface area contributed by atoms with Crippen molar-refractivity contribution in [1.82, 2.24) is 0 Å². The van der Waals surface area contributed by atoms with Crippen LogP contribution in [-0.4, -0.2) is 5.78 Å². The number of fused-ring (bicyclic) bond motifs is 1. The van der Waals surface area contributed by atoms with Crippen molar-refractivity contribution >= 4 is 11.9 Å². The highest BCUT2D eigenvalue weighted by molar-refractivity contribution is 6.14. The molecule has 0 aliphatic carbocycles. The highest BCUT2D eigenvalue weighted by Crippen LogP contribution is 2.35. The lowest BCUT2D eigenvalue weighted by molar-refractivity contribution is 0.101. The predicted octanol–water partition coefficient (Wildman–Crippen LogP) is 5.81. The largest absolute Gasteiger partial charge is 0.489 e. The van der Waals surface area contributed by atoms with Crippen LogP contribution in [0.5, 0.6) is 11.5 Å². The van der Waals surface area contributed by atoms with Gasteiger partial charge in [0, 0.05) is 6.07 Å². The number of rotatable bonds is 4. The zero-order valence-electron chi connectivity index (χ0n) is 16.3. The molecule has 1 heterocycles. The molecule has 1 aliphatic rings. The Labute approximate surface area is 165 Å². The van der Waals surface area contributed by atoms with E-state index in [2.05, 4.69) is 32.0 Å². The number of aryl methyl sites for hydroxylation is 3. The van der Waals surface area contributed by atoms with E-state index in [1.165, 1.54) is 11.1 Å². The normalized spacial score (nSPS) is 14.1. The van der Waals surface area contributed by atoms with Crippen LogP contribution in [0.1, 0.15) is 38.2 Å². The number of hydrogen-bond donors (Lipinski definition) is 0. The minimum Gasteiger partial charge on any atom is -0.489 e. The Balaban J connectivity index is 1.53. The number of ether oxygens (including phenoxy) is 2. The molecular formula is C25H22O3. The van der Waals surface area contributed by atoms with Gasteiger partial charge in [0.2, 0.25) is 5.78 Å². The Morgan fingerprint density at radius 1 is 0.929 bits per heavy atom. The van der Waals surface area contributed by atoms with E-state index >= 15 is 0 Å². The molecule has 4 rings (SSSR count). The van der Waals surface area contributed by atoms with E-state index in [0.717, 1.165) is 16.7 Å². The smallest absolute Gasteiger partial charge is 0.231 e. The fraction of sp³-hybridized carbons (Fsp3) is 0.160. The topological polar surface area (TPSA) is 35.5 Å². The average Bonchev–Trinajstić information content (AvgIpc) is 2.97. The molecule has 28 heavy (non-hydrogen) atoms. The summed E-state index contributed by atoms with van der Waals surface area (Å²) < 4.78 is 11.8. The maximum absolute atomic E-state index is 12.6. The van der Waals surface area contributed by atoms with Crippen molar-refractivity contribution in [2.75, 3.05) is 0 Å². The van der Waals surface area contributed by atoms with Crippen LogP contribution in [0.4, 0.5) is 0 Å². The van der Waals surface area contributed by atoms with Crippen molar-refractivity contribution in [3.05, 3.63) is 99.8 Å². The molecule has 0 bridgehead atoms. The van der Waals surface area contributed by atoms with Gasteiger partial charge >= 0.3 is 0 Å². The van der Waals surface area contributed by atoms with Gasteiger partial charge in [-0.05, 0) is 55.7 Å². The average molecular weight is 370 g/mol. The first-order valence-electron chi connectivity index (χ1n) is 9.33. The van der Waals surface area contributed by atoms with E-state index in [0.29, 0.717) is 29.4 Å². The van der Waals surface area contributed by atoms with Crippen LogP contribution in [0.3, 0.4) is 0 Å². The monoisotopic (exact) mass is 370 g/mol. The van der Waals surface area contributed by atoms with Crippen molar-refractivity contribution in [3.63, 3.8) is 0 Å². The van der Waals surface area contributed by atoms with E-state index < -0.39 is 0 Å². The van der Waals surface area contributed by atoms with Crippen LogP contribution < -0.4 is 9.47 Å². The molecule has 3 nitrogen and oxygen atoms in total. The molecule has 0 saturated heterocycles. The number of hydrogen-bond acceptors (Lipinski definition) is 3. The lowest BCUT2D eigenvalue weighted by Crippen LogP contribution is -1.99. The summed E-state index contributed by atoms with van der Waals surface area (Å²) in [6.07, 6.45) is 1.78. The molecule has 0 amide bonds.